The minimum Gasteiger partial charge on any atom is -0.345 e. The van der Waals surface area contributed by atoms with E-state index in [2.05, 4.69) is 10.6 Å². The quantitative estimate of drug-likeness (QED) is 0.686. The molecule has 6 heteroatoms. The van der Waals surface area contributed by atoms with Gasteiger partial charge < -0.3 is 15.2 Å². The summed E-state index contributed by atoms with van der Waals surface area (Å²) in [7, 11) is 0. The molecule has 4 nitrogen and oxygen atoms in total. The molecule has 0 aliphatic carbocycles. The summed E-state index contributed by atoms with van der Waals surface area (Å²) in [4.78, 5) is 12.0. The number of carbonyl (C=O) groups is 1. The summed E-state index contributed by atoms with van der Waals surface area (Å²) in [6.07, 6.45) is 1.93. The van der Waals surface area contributed by atoms with Gasteiger partial charge in [-0.05, 0) is 48.0 Å². The van der Waals surface area contributed by atoms with Crippen LogP contribution in [0.5, 0.6) is 0 Å². The maximum Gasteiger partial charge on any atom is 0.319 e. The Hall–Kier alpha value is -2.79. The van der Waals surface area contributed by atoms with Crippen LogP contribution in [0, 0.1) is 5.82 Å². The predicted octanol–water partition coefficient (Wildman–Crippen LogP) is 4.65. The Bertz CT molecular complexity index is 861. The molecule has 0 radical (unpaired) electrons. The molecule has 128 valence electrons. The van der Waals surface area contributed by atoms with Crippen molar-refractivity contribution in [2.45, 2.75) is 13.1 Å². The van der Waals surface area contributed by atoms with E-state index in [-0.39, 0.29) is 11.8 Å². The number of aromatic nitrogens is 1. The largest absolute Gasteiger partial charge is 0.345 e. The zero-order valence-electron chi connectivity index (χ0n) is 13.4. The Balaban J connectivity index is 1.57. The molecule has 2 amide bonds. The molecule has 1 heterocycles. The predicted molar refractivity (Wildman–Crippen MR) is 97.2 cm³/mol. The average molecular weight is 358 g/mol. The summed E-state index contributed by atoms with van der Waals surface area (Å²) in [6, 6.07) is 16.9. The van der Waals surface area contributed by atoms with Crippen LogP contribution in [-0.2, 0) is 13.1 Å². The standard InChI is InChI=1S/C19H17ClFN3O/c20-15-3-1-4-17(11-15)23-19(25)22-12-18-5-2-10-24(18)13-14-6-8-16(21)9-7-14/h1-11H,12-13H2,(H2,22,23,25). The first kappa shape index (κ1) is 17.0. The second-order valence-corrected chi connectivity index (χ2v) is 6.01. The number of halogens is 2. The normalized spacial score (nSPS) is 10.5. The Morgan fingerprint density at radius 2 is 1.88 bits per heavy atom. The minimum absolute atomic E-state index is 0.254. The molecule has 0 unspecified atom stereocenters. The zero-order valence-corrected chi connectivity index (χ0v) is 14.1. The lowest BCUT2D eigenvalue weighted by Gasteiger charge is -2.11. The smallest absolute Gasteiger partial charge is 0.319 e. The van der Waals surface area contributed by atoms with E-state index >= 15 is 0 Å². The number of benzene rings is 2. The van der Waals surface area contributed by atoms with E-state index in [4.69, 9.17) is 11.6 Å². The zero-order chi connectivity index (χ0) is 17.6. The molecule has 3 rings (SSSR count). The number of hydrogen-bond donors (Lipinski definition) is 2. The maximum atomic E-state index is 13.0. The van der Waals surface area contributed by atoms with Crippen molar-refractivity contribution in [1.29, 1.82) is 0 Å². The Labute approximate surface area is 150 Å². The highest BCUT2D eigenvalue weighted by Gasteiger charge is 2.06. The van der Waals surface area contributed by atoms with Gasteiger partial charge in [0.15, 0.2) is 0 Å². The summed E-state index contributed by atoms with van der Waals surface area (Å²) < 4.78 is 15.0. The van der Waals surface area contributed by atoms with Gasteiger partial charge in [0.25, 0.3) is 0 Å². The number of carbonyl (C=O) groups excluding carboxylic acids is 1. The number of urea groups is 1. The van der Waals surface area contributed by atoms with Crippen molar-refractivity contribution in [2.24, 2.45) is 0 Å². The van der Waals surface area contributed by atoms with Crippen molar-refractivity contribution < 1.29 is 9.18 Å². The van der Waals surface area contributed by atoms with Crippen LogP contribution < -0.4 is 10.6 Å². The summed E-state index contributed by atoms with van der Waals surface area (Å²) >= 11 is 5.90. The van der Waals surface area contributed by atoms with Crippen molar-refractivity contribution in [1.82, 2.24) is 9.88 Å². The monoisotopic (exact) mass is 357 g/mol. The van der Waals surface area contributed by atoms with Gasteiger partial charge in [0.2, 0.25) is 0 Å². The third-order valence-corrected chi connectivity index (χ3v) is 3.94. The van der Waals surface area contributed by atoms with Gasteiger partial charge in [0.05, 0.1) is 6.54 Å². The van der Waals surface area contributed by atoms with Gasteiger partial charge >= 0.3 is 6.03 Å². The first-order valence-corrected chi connectivity index (χ1v) is 8.17. The number of amides is 2. The van der Waals surface area contributed by atoms with Gasteiger partial charge in [-0.2, -0.15) is 0 Å². The first-order chi connectivity index (χ1) is 12.1. The highest BCUT2D eigenvalue weighted by molar-refractivity contribution is 6.30. The second kappa shape index (κ2) is 7.85. The van der Waals surface area contributed by atoms with Crippen LogP contribution in [-0.4, -0.2) is 10.6 Å². The van der Waals surface area contributed by atoms with Crippen LogP contribution in [0.2, 0.25) is 5.02 Å². The molecule has 1 aromatic heterocycles. The first-order valence-electron chi connectivity index (χ1n) is 7.79. The Morgan fingerprint density at radius 1 is 1.08 bits per heavy atom. The lowest BCUT2D eigenvalue weighted by molar-refractivity contribution is 0.251. The van der Waals surface area contributed by atoms with Crippen LogP contribution in [0.25, 0.3) is 0 Å². The van der Waals surface area contributed by atoms with E-state index in [1.54, 1.807) is 36.4 Å². The number of rotatable bonds is 5. The van der Waals surface area contributed by atoms with E-state index in [1.807, 2.05) is 22.9 Å². The van der Waals surface area contributed by atoms with Crippen molar-refractivity contribution in [3.05, 3.63) is 89.0 Å². The molecule has 0 saturated carbocycles. The lowest BCUT2D eigenvalue weighted by atomic mass is 10.2. The molecular formula is C19H17ClFN3O. The highest BCUT2D eigenvalue weighted by atomic mass is 35.5. The number of anilines is 1. The third-order valence-electron chi connectivity index (χ3n) is 3.70. The van der Waals surface area contributed by atoms with Crippen molar-refractivity contribution in [3.8, 4) is 0 Å². The molecule has 2 aromatic carbocycles. The van der Waals surface area contributed by atoms with Gasteiger partial charge in [-0.25, -0.2) is 9.18 Å². The van der Waals surface area contributed by atoms with Gasteiger partial charge in [0.1, 0.15) is 5.82 Å². The molecule has 25 heavy (non-hydrogen) atoms. The minimum atomic E-state index is -0.309. The molecule has 2 N–H and O–H groups in total. The van der Waals surface area contributed by atoms with Crippen LogP contribution in [0.4, 0.5) is 14.9 Å². The average Bonchev–Trinajstić information content (AvgIpc) is 3.02. The van der Waals surface area contributed by atoms with Gasteiger partial charge in [0, 0.05) is 29.1 Å². The maximum absolute atomic E-state index is 13.0. The molecule has 0 saturated heterocycles. The fourth-order valence-electron chi connectivity index (χ4n) is 2.46. The number of nitrogens with one attached hydrogen (secondary N) is 2. The Kier molecular flexibility index (Phi) is 5.36. The van der Waals surface area contributed by atoms with Gasteiger partial charge in [-0.1, -0.05) is 29.8 Å². The molecule has 0 bridgehead atoms. The molecule has 3 aromatic rings. The summed E-state index contributed by atoms with van der Waals surface area (Å²) in [5.74, 6) is -0.254. The van der Waals surface area contributed by atoms with Crippen LogP contribution in [0.15, 0.2) is 66.9 Å². The lowest BCUT2D eigenvalue weighted by Crippen LogP contribution is -2.29. The molecule has 0 fully saturated rings. The van der Waals surface area contributed by atoms with Gasteiger partial charge in [-0.3, -0.25) is 0 Å². The molecule has 0 aliphatic rings. The molecular weight excluding hydrogens is 341 g/mol. The SMILES string of the molecule is O=C(NCc1cccn1Cc1ccc(F)cc1)Nc1cccc(Cl)c1. The van der Waals surface area contributed by atoms with Crippen molar-refractivity contribution in [3.63, 3.8) is 0 Å². The van der Waals surface area contributed by atoms with E-state index in [9.17, 15) is 9.18 Å². The van der Waals surface area contributed by atoms with Crippen LogP contribution in [0.3, 0.4) is 0 Å². The van der Waals surface area contributed by atoms with Crippen LogP contribution in [0.1, 0.15) is 11.3 Å². The Morgan fingerprint density at radius 3 is 2.64 bits per heavy atom. The topological polar surface area (TPSA) is 46.1 Å². The fraction of sp³-hybridized carbons (Fsp3) is 0.105. The summed E-state index contributed by atoms with van der Waals surface area (Å²) in [5, 5.41) is 6.11. The molecule has 0 atom stereocenters. The summed E-state index contributed by atoms with van der Waals surface area (Å²) in [5.41, 5.74) is 2.57. The van der Waals surface area contributed by atoms with E-state index in [1.165, 1.54) is 12.1 Å². The van der Waals surface area contributed by atoms with Crippen LogP contribution >= 0.6 is 11.6 Å². The second-order valence-electron chi connectivity index (χ2n) is 5.57. The van der Waals surface area contributed by atoms with E-state index in [0.717, 1.165) is 11.3 Å². The van der Waals surface area contributed by atoms with Gasteiger partial charge in [-0.15, -0.1) is 0 Å². The number of nitrogens with zero attached hydrogens (tertiary/aromatic N) is 1. The summed E-state index contributed by atoms with van der Waals surface area (Å²) in [6.45, 7) is 0.987. The van der Waals surface area contributed by atoms with Crippen molar-refractivity contribution in [2.75, 3.05) is 5.32 Å². The number of hydrogen-bond acceptors (Lipinski definition) is 1. The molecule has 0 aliphatic heterocycles. The highest BCUT2D eigenvalue weighted by Crippen LogP contribution is 2.15. The molecule has 0 spiro atoms. The van der Waals surface area contributed by atoms with Crippen molar-refractivity contribution >= 4 is 23.3 Å². The third kappa shape index (κ3) is 4.84. The van der Waals surface area contributed by atoms with E-state index < -0.39 is 0 Å². The van der Waals surface area contributed by atoms with E-state index in [0.29, 0.717) is 23.8 Å². The fourth-order valence-corrected chi connectivity index (χ4v) is 2.65.